The lowest BCUT2D eigenvalue weighted by molar-refractivity contribution is -0.120. The SMILES string of the molecule is C[C@H](C(=O)Nc1nccs1)N1Cc2ccc(-c3ccc(N4CCNCC4)cc3)cc2C1=O. The minimum Gasteiger partial charge on any atom is -0.369 e. The molecule has 1 saturated heterocycles. The van der Waals surface area contributed by atoms with Crippen molar-refractivity contribution in [3.63, 3.8) is 0 Å². The van der Waals surface area contributed by atoms with Crippen molar-refractivity contribution in [1.29, 1.82) is 0 Å². The van der Waals surface area contributed by atoms with Crippen molar-refractivity contribution in [2.45, 2.75) is 19.5 Å². The fraction of sp³-hybridized carbons (Fsp3) is 0.292. The molecule has 1 atom stereocenters. The number of anilines is 2. The van der Waals surface area contributed by atoms with Crippen molar-refractivity contribution >= 4 is 34.0 Å². The monoisotopic (exact) mass is 447 g/mol. The Balaban J connectivity index is 1.31. The number of thiazole rings is 1. The average molecular weight is 448 g/mol. The highest BCUT2D eigenvalue weighted by molar-refractivity contribution is 7.13. The van der Waals surface area contributed by atoms with E-state index in [-0.39, 0.29) is 11.8 Å². The van der Waals surface area contributed by atoms with Crippen LogP contribution in [0.3, 0.4) is 0 Å². The molecule has 164 valence electrons. The number of carbonyl (C=O) groups is 2. The largest absolute Gasteiger partial charge is 0.369 e. The van der Waals surface area contributed by atoms with Gasteiger partial charge in [-0.05, 0) is 41.8 Å². The number of carbonyl (C=O) groups excluding carboxylic acids is 2. The standard InChI is InChI=1S/C24H25N5O2S/c1-16(22(30)27-24-26-10-13-32-24)29-15-19-3-2-18(14-21(19)23(29)31)17-4-6-20(7-5-17)28-11-8-25-9-12-28/h2-7,10,13-14,16,25H,8-9,11-12,15H2,1H3,(H,26,27,30)/t16-/m1/s1. The molecule has 7 nitrogen and oxygen atoms in total. The third-order valence-corrected chi connectivity index (χ3v) is 6.82. The van der Waals surface area contributed by atoms with E-state index in [0.717, 1.165) is 42.9 Å². The minimum absolute atomic E-state index is 0.110. The van der Waals surface area contributed by atoms with Gasteiger partial charge < -0.3 is 20.4 Å². The lowest BCUT2D eigenvalue weighted by Gasteiger charge is -2.29. The Labute approximate surface area is 191 Å². The molecular formula is C24H25N5O2S. The maximum atomic E-state index is 13.1. The van der Waals surface area contributed by atoms with Crippen LogP contribution in [0.15, 0.2) is 54.0 Å². The molecule has 2 aliphatic heterocycles. The molecule has 0 bridgehead atoms. The van der Waals surface area contributed by atoms with Gasteiger partial charge in [0.15, 0.2) is 5.13 Å². The molecule has 1 fully saturated rings. The van der Waals surface area contributed by atoms with Gasteiger partial charge in [-0.15, -0.1) is 11.3 Å². The number of piperazine rings is 1. The van der Waals surface area contributed by atoms with Gasteiger partial charge in [0.25, 0.3) is 5.91 Å². The molecule has 32 heavy (non-hydrogen) atoms. The zero-order valence-corrected chi connectivity index (χ0v) is 18.7. The van der Waals surface area contributed by atoms with E-state index in [9.17, 15) is 9.59 Å². The van der Waals surface area contributed by atoms with Crippen molar-refractivity contribution < 1.29 is 9.59 Å². The highest BCUT2D eigenvalue weighted by atomic mass is 32.1. The number of nitrogens with one attached hydrogen (secondary N) is 2. The van der Waals surface area contributed by atoms with E-state index in [4.69, 9.17) is 0 Å². The van der Waals surface area contributed by atoms with Crippen LogP contribution in [-0.2, 0) is 11.3 Å². The van der Waals surface area contributed by atoms with Gasteiger partial charge in [-0.3, -0.25) is 9.59 Å². The van der Waals surface area contributed by atoms with Crippen LogP contribution in [-0.4, -0.2) is 53.9 Å². The van der Waals surface area contributed by atoms with Crippen LogP contribution < -0.4 is 15.5 Å². The van der Waals surface area contributed by atoms with Crippen LogP contribution in [0.4, 0.5) is 10.8 Å². The third-order valence-electron chi connectivity index (χ3n) is 6.13. The summed E-state index contributed by atoms with van der Waals surface area (Å²) in [5, 5.41) is 8.50. The lowest BCUT2D eigenvalue weighted by Crippen LogP contribution is -2.43. The molecule has 8 heteroatoms. The Hall–Kier alpha value is -3.23. The third kappa shape index (κ3) is 3.99. The van der Waals surface area contributed by atoms with E-state index < -0.39 is 6.04 Å². The van der Waals surface area contributed by atoms with Crippen molar-refractivity contribution in [3.05, 3.63) is 65.2 Å². The first-order valence-electron chi connectivity index (χ1n) is 10.8. The molecule has 0 saturated carbocycles. The number of hydrogen-bond acceptors (Lipinski definition) is 6. The predicted octanol–water partition coefficient (Wildman–Crippen LogP) is 3.20. The van der Waals surface area contributed by atoms with E-state index in [1.807, 2.05) is 12.1 Å². The summed E-state index contributed by atoms with van der Waals surface area (Å²) in [6.45, 7) is 6.22. The number of aromatic nitrogens is 1. The van der Waals surface area contributed by atoms with Crippen LogP contribution in [0.2, 0.25) is 0 Å². The number of rotatable bonds is 5. The molecule has 0 aliphatic carbocycles. The molecule has 1 aromatic heterocycles. The van der Waals surface area contributed by atoms with Gasteiger partial charge in [0.1, 0.15) is 6.04 Å². The quantitative estimate of drug-likeness (QED) is 0.628. The molecule has 0 radical (unpaired) electrons. The summed E-state index contributed by atoms with van der Waals surface area (Å²) in [6.07, 6.45) is 1.64. The second-order valence-electron chi connectivity index (χ2n) is 8.09. The molecule has 5 rings (SSSR count). The Morgan fingerprint density at radius 2 is 1.88 bits per heavy atom. The van der Waals surface area contributed by atoms with Crippen molar-refractivity contribution in [3.8, 4) is 11.1 Å². The Morgan fingerprint density at radius 3 is 2.59 bits per heavy atom. The second-order valence-corrected chi connectivity index (χ2v) is 8.99. The van der Waals surface area contributed by atoms with Gasteiger partial charge in [0.2, 0.25) is 5.91 Å². The van der Waals surface area contributed by atoms with E-state index in [1.165, 1.54) is 17.0 Å². The van der Waals surface area contributed by atoms with E-state index in [2.05, 4.69) is 50.8 Å². The van der Waals surface area contributed by atoms with Gasteiger partial charge >= 0.3 is 0 Å². The summed E-state index contributed by atoms with van der Waals surface area (Å²) in [4.78, 5) is 33.8. The molecule has 0 unspecified atom stereocenters. The predicted molar refractivity (Wildman–Crippen MR) is 127 cm³/mol. The van der Waals surface area contributed by atoms with E-state index in [0.29, 0.717) is 17.2 Å². The molecular weight excluding hydrogens is 422 g/mol. The fourth-order valence-electron chi connectivity index (χ4n) is 4.24. The fourth-order valence-corrected chi connectivity index (χ4v) is 4.77. The van der Waals surface area contributed by atoms with Crippen LogP contribution in [0.5, 0.6) is 0 Å². The first-order valence-corrected chi connectivity index (χ1v) is 11.7. The van der Waals surface area contributed by atoms with Gasteiger partial charge in [0.05, 0.1) is 0 Å². The van der Waals surface area contributed by atoms with Crippen molar-refractivity contribution in [1.82, 2.24) is 15.2 Å². The first-order chi connectivity index (χ1) is 15.6. The second kappa shape index (κ2) is 8.72. The average Bonchev–Trinajstić information content (AvgIpc) is 3.47. The maximum Gasteiger partial charge on any atom is 0.255 e. The van der Waals surface area contributed by atoms with Crippen molar-refractivity contribution in [2.75, 3.05) is 36.4 Å². The highest BCUT2D eigenvalue weighted by Crippen LogP contribution is 2.31. The first kappa shape index (κ1) is 20.7. The normalized spacial score (nSPS) is 16.7. The van der Waals surface area contributed by atoms with Crippen LogP contribution >= 0.6 is 11.3 Å². The Morgan fingerprint density at radius 1 is 1.12 bits per heavy atom. The molecule has 3 heterocycles. The topological polar surface area (TPSA) is 77.6 Å². The summed E-state index contributed by atoms with van der Waals surface area (Å²) < 4.78 is 0. The lowest BCUT2D eigenvalue weighted by atomic mass is 10.00. The number of fused-ring (bicyclic) bond motifs is 1. The van der Waals surface area contributed by atoms with E-state index >= 15 is 0 Å². The van der Waals surface area contributed by atoms with Crippen LogP contribution in [0, 0.1) is 0 Å². The van der Waals surface area contributed by atoms with Crippen LogP contribution in [0.25, 0.3) is 11.1 Å². The molecule has 2 N–H and O–H groups in total. The number of nitrogens with zero attached hydrogens (tertiary/aromatic N) is 3. The summed E-state index contributed by atoms with van der Waals surface area (Å²) in [5.41, 5.74) is 4.92. The van der Waals surface area contributed by atoms with Gasteiger partial charge in [0, 0.05) is 55.6 Å². The zero-order chi connectivity index (χ0) is 22.1. The summed E-state index contributed by atoms with van der Waals surface area (Å²) in [6, 6.07) is 13.9. The maximum absolute atomic E-state index is 13.1. The number of benzene rings is 2. The number of amides is 2. The summed E-state index contributed by atoms with van der Waals surface area (Å²) in [7, 11) is 0. The highest BCUT2D eigenvalue weighted by Gasteiger charge is 2.34. The molecule has 0 spiro atoms. The smallest absolute Gasteiger partial charge is 0.255 e. The minimum atomic E-state index is -0.583. The van der Waals surface area contributed by atoms with Crippen LogP contribution in [0.1, 0.15) is 22.8 Å². The van der Waals surface area contributed by atoms with Gasteiger partial charge in [-0.2, -0.15) is 0 Å². The Kier molecular flexibility index (Phi) is 5.63. The summed E-state index contributed by atoms with van der Waals surface area (Å²) in [5.74, 6) is -0.342. The number of hydrogen-bond donors (Lipinski definition) is 2. The zero-order valence-electron chi connectivity index (χ0n) is 17.9. The Bertz CT molecular complexity index is 1120. The van der Waals surface area contributed by atoms with E-state index in [1.54, 1.807) is 23.4 Å². The summed E-state index contributed by atoms with van der Waals surface area (Å²) >= 11 is 1.36. The molecule has 3 aromatic rings. The van der Waals surface area contributed by atoms with Gasteiger partial charge in [-0.25, -0.2) is 4.98 Å². The van der Waals surface area contributed by atoms with Crippen molar-refractivity contribution in [2.24, 2.45) is 0 Å². The molecule has 2 amide bonds. The molecule has 2 aromatic carbocycles. The molecule has 2 aliphatic rings. The van der Waals surface area contributed by atoms with Gasteiger partial charge in [-0.1, -0.05) is 24.3 Å².